The van der Waals surface area contributed by atoms with Crippen molar-refractivity contribution in [2.24, 2.45) is 0 Å². The van der Waals surface area contributed by atoms with Crippen molar-refractivity contribution in [2.45, 2.75) is 198 Å². The van der Waals surface area contributed by atoms with E-state index >= 15 is 0 Å². The number of rotatable bonds is 37. The number of allylic oxidation sites excluding steroid dienone is 14. The number of phosphoric ester groups is 1. The Bertz CT molecular complexity index is 1420. The van der Waals surface area contributed by atoms with Crippen LogP contribution in [0.15, 0.2) is 85.1 Å². The van der Waals surface area contributed by atoms with Crippen molar-refractivity contribution in [3.63, 3.8) is 0 Å². The van der Waals surface area contributed by atoms with E-state index in [1.165, 1.54) is 19.3 Å². The summed E-state index contributed by atoms with van der Waals surface area (Å²) in [5.74, 6) is -1.16. The van der Waals surface area contributed by atoms with Gasteiger partial charge in [0.1, 0.15) is 43.2 Å². The molecule has 0 spiro atoms. The van der Waals surface area contributed by atoms with Crippen molar-refractivity contribution < 1.29 is 63.1 Å². The Morgan fingerprint density at radius 1 is 0.508 bits per heavy atom. The molecule has 360 valence electrons. The molecule has 0 radical (unpaired) electrons. The van der Waals surface area contributed by atoms with E-state index in [1.54, 1.807) is 0 Å². The second kappa shape index (κ2) is 38.3. The summed E-state index contributed by atoms with van der Waals surface area (Å²) in [6, 6.07) is 0. The number of esters is 2. The van der Waals surface area contributed by atoms with Crippen LogP contribution in [-0.4, -0.2) is 98.3 Å². The fourth-order valence-corrected chi connectivity index (χ4v) is 7.43. The van der Waals surface area contributed by atoms with Gasteiger partial charge in [-0.25, -0.2) is 4.57 Å². The van der Waals surface area contributed by atoms with E-state index in [4.69, 9.17) is 18.5 Å². The number of carbonyl (C=O) groups excluding carboxylic acids is 2. The van der Waals surface area contributed by atoms with E-state index in [2.05, 4.69) is 98.9 Å². The Balaban J connectivity index is 2.50. The zero-order valence-electron chi connectivity index (χ0n) is 38.1. The van der Waals surface area contributed by atoms with Gasteiger partial charge in [-0.1, -0.05) is 137 Å². The standard InChI is InChI=1S/C49H81O13P/c1-3-5-7-9-11-13-15-17-19-20-21-22-24-26-28-30-32-34-36-38-43(51)61-41(40-60-63(57,58)62-49-47(55)45(53)44(52)46(54)48(49)56)39-59-42(50)37-35-33-31-29-27-25-23-18-16-14-12-10-8-6-4-2/h6,8,11-14,17-19,21-23,26,28,41,44-49,52-56H,3-5,7,9-10,15-16,20,24-25,27,29-40H2,1-2H3,(H,57,58)/b8-6+,13-11+,14-12+,19-17+,22-21+,23-18+,28-26+/t41-,44?,45-,46?,47?,48?,49?/m1/s1. The summed E-state index contributed by atoms with van der Waals surface area (Å²) in [5, 5.41) is 50.2. The van der Waals surface area contributed by atoms with E-state index in [0.717, 1.165) is 96.3 Å². The molecule has 14 heteroatoms. The van der Waals surface area contributed by atoms with E-state index in [0.29, 0.717) is 12.8 Å². The number of hydrogen-bond donors (Lipinski definition) is 6. The zero-order valence-corrected chi connectivity index (χ0v) is 39.0. The Labute approximate surface area is 378 Å². The van der Waals surface area contributed by atoms with Crippen molar-refractivity contribution in [2.75, 3.05) is 13.2 Å². The molecule has 13 nitrogen and oxygen atoms in total. The fraction of sp³-hybridized carbons (Fsp3) is 0.673. The average Bonchev–Trinajstić information content (AvgIpc) is 3.26. The number of aliphatic hydroxyl groups excluding tert-OH is 5. The minimum Gasteiger partial charge on any atom is -0.462 e. The highest BCUT2D eigenvalue weighted by atomic mass is 31.2. The molecular weight excluding hydrogens is 827 g/mol. The highest BCUT2D eigenvalue weighted by molar-refractivity contribution is 7.47. The largest absolute Gasteiger partial charge is 0.472 e. The van der Waals surface area contributed by atoms with Crippen LogP contribution in [0.5, 0.6) is 0 Å². The molecular formula is C49H81O13P. The Kier molecular flexibility index (Phi) is 35.3. The van der Waals surface area contributed by atoms with Gasteiger partial charge in [0.05, 0.1) is 6.61 Å². The van der Waals surface area contributed by atoms with Crippen LogP contribution in [0.1, 0.15) is 155 Å². The summed E-state index contributed by atoms with van der Waals surface area (Å²) in [6.45, 7) is 3.11. The smallest absolute Gasteiger partial charge is 0.462 e. The lowest BCUT2D eigenvalue weighted by atomic mass is 9.85. The molecule has 6 unspecified atom stereocenters. The summed E-state index contributed by atoms with van der Waals surface area (Å²) < 4.78 is 33.5. The number of phosphoric acid groups is 1. The fourth-order valence-electron chi connectivity index (χ4n) is 6.46. The predicted octanol–water partition coefficient (Wildman–Crippen LogP) is 9.28. The Morgan fingerprint density at radius 3 is 1.40 bits per heavy atom. The van der Waals surface area contributed by atoms with Crippen molar-refractivity contribution in [1.82, 2.24) is 0 Å². The molecule has 1 saturated carbocycles. The molecule has 0 aromatic carbocycles. The van der Waals surface area contributed by atoms with Crippen molar-refractivity contribution in [3.05, 3.63) is 85.1 Å². The van der Waals surface area contributed by atoms with Crippen LogP contribution in [0.4, 0.5) is 0 Å². The number of hydrogen-bond acceptors (Lipinski definition) is 12. The molecule has 0 heterocycles. The van der Waals surface area contributed by atoms with E-state index in [9.17, 15) is 44.6 Å². The molecule has 1 fully saturated rings. The van der Waals surface area contributed by atoms with Crippen LogP contribution in [0.3, 0.4) is 0 Å². The molecule has 1 rings (SSSR count). The monoisotopic (exact) mass is 909 g/mol. The molecule has 1 aliphatic carbocycles. The van der Waals surface area contributed by atoms with Crippen molar-refractivity contribution in [1.29, 1.82) is 0 Å². The summed E-state index contributed by atoms with van der Waals surface area (Å²) in [5.41, 5.74) is 0. The number of ether oxygens (including phenoxy) is 2. The maximum Gasteiger partial charge on any atom is 0.472 e. The third-order valence-corrected chi connectivity index (χ3v) is 11.2. The highest BCUT2D eigenvalue weighted by Gasteiger charge is 2.51. The number of aliphatic hydroxyl groups is 5. The molecule has 6 N–H and O–H groups in total. The summed E-state index contributed by atoms with van der Waals surface area (Å²) in [4.78, 5) is 35.7. The zero-order chi connectivity index (χ0) is 46.4. The minimum absolute atomic E-state index is 0.0503. The van der Waals surface area contributed by atoms with Gasteiger partial charge >= 0.3 is 19.8 Å². The molecule has 8 atom stereocenters. The topological polar surface area (TPSA) is 210 Å². The van der Waals surface area contributed by atoms with Crippen LogP contribution in [0, 0.1) is 0 Å². The Hall–Kier alpha value is -2.97. The lowest BCUT2D eigenvalue weighted by molar-refractivity contribution is -0.220. The first-order valence-corrected chi connectivity index (χ1v) is 24.9. The van der Waals surface area contributed by atoms with Crippen LogP contribution < -0.4 is 0 Å². The highest BCUT2D eigenvalue weighted by Crippen LogP contribution is 2.47. The molecule has 0 amide bonds. The minimum atomic E-state index is -5.14. The summed E-state index contributed by atoms with van der Waals surface area (Å²) in [7, 11) is -5.14. The van der Waals surface area contributed by atoms with E-state index < -0.39 is 75.7 Å². The molecule has 63 heavy (non-hydrogen) atoms. The van der Waals surface area contributed by atoms with Gasteiger partial charge in [0.15, 0.2) is 6.10 Å². The molecule has 0 aliphatic heterocycles. The first kappa shape index (κ1) is 58.0. The lowest BCUT2D eigenvalue weighted by Crippen LogP contribution is -2.64. The first-order valence-electron chi connectivity index (χ1n) is 23.4. The third kappa shape index (κ3) is 30.7. The lowest BCUT2D eigenvalue weighted by Gasteiger charge is -2.41. The SMILES string of the molecule is CC/C=C/C/C=C/C/C=C/CCCCCCCC(=O)OC[C@H](COP(=O)(O)OC1C(O)C(O)C(O)[C@@H](O)C1O)OC(=O)CCCCC/C=C/C/C=C/C/C=C/C/C=C/CCCCC. The van der Waals surface area contributed by atoms with Gasteiger partial charge in [-0.15, -0.1) is 0 Å². The maximum atomic E-state index is 12.8. The van der Waals surface area contributed by atoms with Gasteiger partial charge in [0.2, 0.25) is 0 Å². The first-order chi connectivity index (χ1) is 30.4. The van der Waals surface area contributed by atoms with Crippen LogP contribution in [-0.2, 0) is 32.7 Å². The normalized spacial score (nSPS) is 22.5. The maximum absolute atomic E-state index is 12.8. The van der Waals surface area contributed by atoms with Gasteiger partial charge < -0.3 is 39.9 Å². The average molecular weight is 909 g/mol. The van der Waals surface area contributed by atoms with Gasteiger partial charge in [-0.05, 0) is 89.9 Å². The molecule has 1 aliphatic rings. The molecule has 0 bridgehead atoms. The molecule has 0 saturated heterocycles. The van der Waals surface area contributed by atoms with Gasteiger partial charge in [-0.3, -0.25) is 18.6 Å². The Morgan fingerprint density at radius 2 is 0.905 bits per heavy atom. The summed E-state index contributed by atoms with van der Waals surface area (Å²) >= 11 is 0. The van der Waals surface area contributed by atoms with Crippen molar-refractivity contribution >= 4 is 19.8 Å². The number of carbonyl (C=O) groups is 2. The number of unbranched alkanes of at least 4 members (excludes halogenated alkanes) is 11. The predicted molar refractivity (Wildman–Crippen MR) is 248 cm³/mol. The van der Waals surface area contributed by atoms with Crippen LogP contribution >= 0.6 is 7.82 Å². The van der Waals surface area contributed by atoms with Crippen LogP contribution in [0.25, 0.3) is 0 Å². The van der Waals surface area contributed by atoms with Gasteiger partial charge in [0.25, 0.3) is 0 Å². The molecule has 0 aromatic rings. The summed E-state index contributed by atoms with van der Waals surface area (Å²) in [6.07, 6.45) is 36.3. The molecule has 0 aromatic heterocycles. The second-order valence-electron chi connectivity index (χ2n) is 15.9. The second-order valence-corrected chi connectivity index (χ2v) is 17.3. The van der Waals surface area contributed by atoms with Gasteiger partial charge in [-0.2, -0.15) is 0 Å². The van der Waals surface area contributed by atoms with Crippen molar-refractivity contribution in [3.8, 4) is 0 Å². The van der Waals surface area contributed by atoms with Crippen LogP contribution in [0.2, 0.25) is 0 Å². The van der Waals surface area contributed by atoms with Gasteiger partial charge in [0, 0.05) is 12.8 Å². The van der Waals surface area contributed by atoms with E-state index in [1.807, 2.05) is 0 Å². The van der Waals surface area contributed by atoms with E-state index in [-0.39, 0.29) is 12.8 Å². The third-order valence-electron chi connectivity index (χ3n) is 10.2. The quantitative estimate of drug-likeness (QED) is 0.0149.